The highest BCUT2D eigenvalue weighted by Gasteiger charge is 2.55. The van der Waals surface area contributed by atoms with Crippen LogP contribution in [0.5, 0.6) is 0 Å². The molecule has 0 spiro atoms. The fourth-order valence-electron chi connectivity index (χ4n) is 3.61. The third-order valence-corrected chi connectivity index (χ3v) is 5.37. The molecule has 0 saturated carbocycles. The summed E-state index contributed by atoms with van der Waals surface area (Å²) >= 11 is 6.10. The summed E-state index contributed by atoms with van der Waals surface area (Å²) in [5.74, 6) is 0.521. The number of hydrogen-bond donors (Lipinski definition) is 4. The zero-order valence-corrected chi connectivity index (χ0v) is 16.5. The average molecular weight is 427 g/mol. The molecule has 3 aromatic rings. The van der Waals surface area contributed by atoms with Crippen LogP contribution in [0.1, 0.15) is 11.1 Å². The van der Waals surface area contributed by atoms with Gasteiger partial charge in [0.25, 0.3) is 0 Å². The van der Waals surface area contributed by atoms with Gasteiger partial charge in [-0.15, -0.1) is 0 Å². The van der Waals surface area contributed by atoms with E-state index in [-0.39, 0.29) is 5.28 Å². The minimum absolute atomic E-state index is 0.0161. The van der Waals surface area contributed by atoms with Crippen LogP contribution in [-0.2, 0) is 16.9 Å². The van der Waals surface area contributed by atoms with Crippen LogP contribution in [0.2, 0.25) is 5.28 Å². The maximum Gasteiger partial charge on any atom is 0.224 e. The molecule has 0 bridgehead atoms. The van der Waals surface area contributed by atoms with E-state index in [0.29, 0.717) is 28.8 Å². The average Bonchev–Trinajstić information content (AvgIpc) is 3.03. The molecule has 1 fully saturated rings. The first-order chi connectivity index (χ1) is 14.5. The molecule has 2 aromatic carbocycles. The lowest BCUT2D eigenvalue weighted by atomic mass is 9.88. The van der Waals surface area contributed by atoms with Gasteiger partial charge >= 0.3 is 0 Å². The third kappa shape index (κ3) is 3.47. The molecule has 4 atom stereocenters. The quantitative estimate of drug-likeness (QED) is 0.453. The number of aliphatic hydroxyl groups excluding tert-OH is 3. The van der Waals surface area contributed by atoms with Gasteiger partial charge < -0.3 is 25.4 Å². The molecule has 2 heterocycles. The van der Waals surface area contributed by atoms with Crippen LogP contribution in [0.15, 0.2) is 48.5 Å². The predicted octanol–water partition coefficient (Wildman–Crippen LogP) is 1.73. The maximum absolute atomic E-state index is 10.5. The Bertz CT molecular complexity index is 1110. The summed E-state index contributed by atoms with van der Waals surface area (Å²) in [4.78, 5) is 8.49. The van der Waals surface area contributed by atoms with Gasteiger partial charge in [0.2, 0.25) is 10.9 Å². The van der Waals surface area contributed by atoms with E-state index in [9.17, 15) is 20.6 Å². The van der Waals surface area contributed by atoms with Crippen molar-refractivity contribution in [3.8, 4) is 6.07 Å². The molecule has 0 aliphatic carbocycles. The van der Waals surface area contributed by atoms with Gasteiger partial charge in [0, 0.05) is 17.5 Å². The predicted molar refractivity (Wildman–Crippen MR) is 110 cm³/mol. The van der Waals surface area contributed by atoms with Gasteiger partial charge in [0.15, 0.2) is 0 Å². The third-order valence-electron chi connectivity index (χ3n) is 5.21. The zero-order chi connectivity index (χ0) is 21.3. The number of nitrogens with one attached hydrogen (secondary N) is 1. The molecule has 0 amide bonds. The normalized spacial score (nSPS) is 25.9. The SMILES string of the molecule is N#C[C@@]1(c2ccc3c(NCc4ccccc4)nc(Cl)nc3c2)O[C@H](CO)[C@@H](O)[C@H]1O. The van der Waals surface area contributed by atoms with Crippen molar-refractivity contribution in [2.45, 2.75) is 30.5 Å². The first-order valence-electron chi connectivity index (χ1n) is 9.30. The second-order valence-electron chi connectivity index (χ2n) is 7.03. The Morgan fingerprint density at radius 3 is 2.60 bits per heavy atom. The molecule has 8 nitrogen and oxygen atoms in total. The lowest BCUT2D eigenvalue weighted by Crippen LogP contribution is -2.39. The number of fused-ring (bicyclic) bond motifs is 1. The second kappa shape index (κ2) is 8.14. The summed E-state index contributed by atoms with van der Waals surface area (Å²) in [5.41, 5.74) is -0.0399. The fourth-order valence-corrected chi connectivity index (χ4v) is 3.79. The number of nitriles is 1. The maximum atomic E-state index is 10.5. The molecular formula is C21H19ClN4O4. The minimum Gasteiger partial charge on any atom is -0.394 e. The Labute approximate surface area is 177 Å². The molecule has 1 saturated heterocycles. The monoisotopic (exact) mass is 426 g/mol. The number of halogens is 1. The Hall–Kier alpha value is -2.80. The molecule has 1 aliphatic rings. The zero-order valence-electron chi connectivity index (χ0n) is 15.7. The number of benzene rings is 2. The van der Waals surface area contributed by atoms with Crippen LogP contribution < -0.4 is 5.32 Å². The summed E-state index contributed by atoms with van der Waals surface area (Å²) in [6.45, 7) is -0.00381. The van der Waals surface area contributed by atoms with E-state index in [1.807, 2.05) is 36.4 Å². The van der Waals surface area contributed by atoms with Crippen LogP contribution in [-0.4, -0.2) is 50.2 Å². The van der Waals surface area contributed by atoms with Crippen molar-refractivity contribution < 1.29 is 20.1 Å². The smallest absolute Gasteiger partial charge is 0.224 e. The van der Waals surface area contributed by atoms with Crippen LogP contribution in [0, 0.1) is 11.3 Å². The molecule has 0 unspecified atom stereocenters. The fraction of sp³-hybridized carbons (Fsp3) is 0.286. The van der Waals surface area contributed by atoms with Crippen molar-refractivity contribution in [2.75, 3.05) is 11.9 Å². The van der Waals surface area contributed by atoms with Gasteiger partial charge in [0.05, 0.1) is 12.1 Å². The van der Waals surface area contributed by atoms with Crippen LogP contribution in [0.25, 0.3) is 10.9 Å². The van der Waals surface area contributed by atoms with Gasteiger partial charge in [-0.3, -0.25) is 0 Å². The van der Waals surface area contributed by atoms with Crippen molar-refractivity contribution >= 4 is 28.3 Å². The summed E-state index contributed by atoms with van der Waals surface area (Å²) in [5, 5.41) is 43.7. The second-order valence-corrected chi connectivity index (χ2v) is 7.37. The van der Waals surface area contributed by atoms with Gasteiger partial charge in [-0.2, -0.15) is 5.26 Å². The summed E-state index contributed by atoms with van der Waals surface area (Å²) < 4.78 is 5.57. The van der Waals surface area contributed by atoms with Crippen molar-refractivity contribution in [1.29, 1.82) is 5.26 Å². The lowest BCUT2D eigenvalue weighted by molar-refractivity contribution is -0.0611. The van der Waals surface area contributed by atoms with E-state index >= 15 is 0 Å². The van der Waals surface area contributed by atoms with Crippen LogP contribution >= 0.6 is 11.6 Å². The summed E-state index contributed by atoms with van der Waals surface area (Å²) in [6.07, 6.45) is -4.01. The van der Waals surface area contributed by atoms with E-state index < -0.39 is 30.5 Å². The number of anilines is 1. The molecule has 4 rings (SSSR count). The Morgan fingerprint density at radius 1 is 1.17 bits per heavy atom. The number of hydrogen-bond acceptors (Lipinski definition) is 8. The van der Waals surface area contributed by atoms with Crippen LogP contribution in [0.4, 0.5) is 5.82 Å². The van der Waals surface area contributed by atoms with E-state index in [2.05, 4.69) is 15.3 Å². The van der Waals surface area contributed by atoms with Gasteiger partial charge in [-0.1, -0.05) is 36.4 Å². The number of nitrogens with zero attached hydrogens (tertiary/aromatic N) is 3. The molecule has 4 N–H and O–H groups in total. The van der Waals surface area contributed by atoms with Crippen molar-refractivity contribution in [2.24, 2.45) is 0 Å². The van der Waals surface area contributed by atoms with Gasteiger partial charge in [-0.05, 0) is 29.3 Å². The standard InChI is InChI=1S/C21H19ClN4O4/c22-20-25-15-8-13(21(11-23)18(29)17(28)16(10-27)30-21)6-7-14(15)19(26-20)24-9-12-4-2-1-3-5-12/h1-8,16-18,27-29H,9-10H2,(H,24,25,26)/t16-,17-,18-,21+/m1/s1. The van der Waals surface area contributed by atoms with Gasteiger partial charge in [0.1, 0.15) is 30.2 Å². The van der Waals surface area contributed by atoms with Gasteiger partial charge in [-0.25, -0.2) is 9.97 Å². The molecule has 1 aliphatic heterocycles. The molecule has 1 aromatic heterocycles. The topological polar surface area (TPSA) is 132 Å². The summed E-state index contributed by atoms with van der Waals surface area (Å²) in [6, 6.07) is 16.6. The molecule has 30 heavy (non-hydrogen) atoms. The van der Waals surface area contributed by atoms with E-state index in [1.165, 1.54) is 0 Å². The minimum atomic E-state index is -1.84. The molecule has 9 heteroatoms. The lowest BCUT2D eigenvalue weighted by Gasteiger charge is -2.25. The molecule has 0 radical (unpaired) electrons. The van der Waals surface area contributed by atoms with Crippen molar-refractivity contribution in [3.63, 3.8) is 0 Å². The number of aromatic nitrogens is 2. The highest BCUT2D eigenvalue weighted by molar-refractivity contribution is 6.28. The Balaban J connectivity index is 1.72. The number of ether oxygens (including phenoxy) is 1. The first-order valence-corrected chi connectivity index (χ1v) is 9.68. The van der Waals surface area contributed by atoms with Crippen LogP contribution in [0.3, 0.4) is 0 Å². The highest BCUT2D eigenvalue weighted by Crippen LogP contribution is 2.40. The Kier molecular flexibility index (Phi) is 5.56. The highest BCUT2D eigenvalue weighted by atomic mass is 35.5. The molecule has 154 valence electrons. The Morgan fingerprint density at radius 2 is 1.93 bits per heavy atom. The first kappa shape index (κ1) is 20.5. The number of aliphatic hydroxyl groups is 3. The largest absolute Gasteiger partial charge is 0.394 e. The summed E-state index contributed by atoms with van der Waals surface area (Å²) in [7, 11) is 0. The van der Waals surface area contributed by atoms with E-state index in [0.717, 1.165) is 5.56 Å². The number of rotatable bonds is 5. The van der Waals surface area contributed by atoms with Crippen molar-refractivity contribution in [1.82, 2.24) is 9.97 Å². The molecular weight excluding hydrogens is 408 g/mol. The van der Waals surface area contributed by atoms with E-state index in [1.54, 1.807) is 18.2 Å². The van der Waals surface area contributed by atoms with E-state index in [4.69, 9.17) is 16.3 Å². The van der Waals surface area contributed by atoms with Crippen molar-refractivity contribution in [3.05, 3.63) is 64.9 Å².